The molecule has 0 nitrogen and oxygen atoms in total. The molecule has 0 heteroatoms. The van der Waals surface area contributed by atoms with Crippen LogP contribution in [0, 0.1) is 0 Å². The molecule has 0 bridgehead atoms. The lowest BCUT2D eigenvalue weighted by atomic mass is 9.94. The molecule has 0 aromatic heterocycles. The van der Waals surface area contributed by atoms with E-state index in [9.17, 15) is 0 Å². The third-order valence-electron chi connectivity index (χ3n) is 3.20. The zero-order chi connectivity index (χ0) is 14.8. The summed E-state index contributed by atoms with van der Waals surface area (Å²) in [5.74, 6) is 0.554. The van der Waals surface area contributed by atoms with Crippen LogP contribution in [0.1, 0.15) is 50.3 Å². The van der Waals surface area contributed by atoms with Crippen molar-refractivity contribution in [2.75, 3.05) is 0 Å². The van der Waals surface area contributed by atoms with Gasteiger partial charge in [0, 0.05) is 5.92 Å². The van der Waals surface area contributed by atoms with Gasteiger partial charge in [-0.3, -0.25) is 0 Å². The molecular weight excluding hydrogens is 240 g/mol. The van der Waals surface area contributed by atoms with Gasteiger partial charge >= 0.3 is 0 Å². The molecule has 1 aliphatic rings. The fourth-order valence-electron chi connectivity index (χ4n) is 2.37. The van der Waals surface area contributed by atoms with E-state index in [1.54, 1.807) is 0 Å². The lowest BCUT2D eigenvalue weighted by molar-refractivity contribution is 0.850. The molecule has 0 aliphatic heterocycles. The van der Waals surface area contributed by atoms with Crippen molar-refractivity contribution in [3.63, 3.8) is 0 Å². The summed E-state index contributed by atoms with van der Waals surface area (Å²) < 4.78 is 0. The van der Waals surface area contributed by atoms with Gasteiger partial charge in [0.1, 0.15) is 0 Å². The van der Waals surface area contributed by atoms with Crippen LogP contribution in [0.25, 0.3) is 6.08 Å². The highest BCUT2D eigenvalue weighted by Crippen LogP contribution is 2.32. The van der Waals surface area contributed by atoms with Gasteiger partial charge < -0.3 is 0 Å². The quantitative estimate of drug-likeness (QED) is 0.616. The second-order valence-corrected chi connectivity index (χ2v) is 4.28. The summed E-state index contributed by atoms with van der Waals surface area (Å²) in [5.41, 5.74) is 4.25. The van der Waals surface area contributed by atoms with Crippen molar-refractivity contribution in [1.82, 2.24) is 0 Å². The highest BCUT2D eigenvalue weighted by Gasteiger charge is 2.16. The van der Waals surface area contributed by atoms with Crippen molar-refractivity contribution in [1.29, 1.82) is 0 Å². The fraction of sp³-hybridized carbons (Fsp3) is 0.300. The molecule has 20 heavy (non-hydrogen) atoms. The van der Waals surface area contributed by atoms with Gasteiger partial charge in [0.05, 0.1) is 0 Å². The molecule has 0 saturated heterocycles. The Hall–Kier alpha value is -1.82. The lowest BCUT2D eigenvalue weighted by Crippen LogP contribution is -1.97. The Bertz CT molecular complexity index is 509. The molecule has 2 aromatic carbocycles. The zero-order valence-electron chi connectivity index (χ0n) is 13.1. The highest BCUT2D eigenvalue weighted by molar-refractivity contribution is 5.62. The summed E-state index contributed by atoms with van der Waals surface area (Å²) in [6.07, 6.45) is 5.66. The largest absolute Gasteiger partial charge is 0.0760 e. The van der Waals surface area contributed by atoms with Crippen LogP contribution in [-0.2, 0) is 6.42 Å². The first kappa shape index (κ1) is 16.2. The van der Waals surface area contributed by atoms with E-state index in [4.69, 9.17) is 0 Å². The van der Waals surface area contributed by atoms with Crippen molar-refractivity contribution in [3.8, 4) is 0 Å². The van der Waals surface area contributed by atoms with Crippen molar-refractivity contribution < 1.29 is 0 Å². The van der Waals surface area contributed by atoms with Gasteiger partial charge in [-0.15, -0.1) is 0 Å². The van der Waals surface area contributed by atoms with E-state index in [1.807, 2.05) is 27.7 Å². The topological polar surface area (TPSA) is 0 Å². The van der Waals surface area contributed by atoms with Crippen LogP contribution in [0.3, 0.4) is 0 Å². The van der Waals surface area contributed by atoms with Crippen molar-refractivity contribution in [2.45, 2.75) is 40.0 Å². The third kappa shape index (κ3) is 4.09. The summed E-state index contributed by atoms with van der Waals surface area (Å²) in [7, 11) is 0. The van der Waals surface area contributed by atoms with Crippen molar-refractivity contribution in [2.24, 2.45) is 0 Å². The van der Waals surface area contributed by atoms with Gasteiger partial charge in [0.25, 0.3) is 0 Å². The molecule has 0 saturated carbocycles. The van der Waals surface area contributed by atoms with Gasteiger partial charge in [0.15, 0.2) is 0 Å². The number of benzene rings is 2. The summed E-state index contributed by atoms with van der Waals surface area (Å²) >= 11 is 0. The van der Waals surface area contributed by atoms with E-state index in [1.165, 1.54) is 16.7 Å². The predicted molar refractivity (Wildman–Crippen MR) is 91.1 cm³/mol. The Morgan fingerprint density at radius 3 is 2.05 bits per heavy atom. The molecule has 0 amide bonds. The second kappa shape index (κ2) is 9.14. The molecular formula is C20H26. The molecule has 1 aliphatic carbocycles. The lowest BCUT2D eigenvalue weighted by Gasteiger charge is -2.10. The van der Waals surface area contributed by atoms with Crippen LogP contribution in [-0.4, -0.2) is 0 Å². The normalized spacial score (nSPS) is 14.5. The average Bonchev–Trinajstić information content (AvgIpc) is 2.96. The summed E-state index contributed by atoms with van der Waals surface area (Å²) in [6.45, 7) is 8.00. The van der Waals surface area contributed by atoms with Gasteiger partial charge in [-0.25, -0.2) is 0 Å². The number of allylic oxidation sites excluding steroid dienone is 1. The van der Waals surface area contributed by atoms with Gasteiger partial charge in [-0.1, -0.05) is 94.4 Å². The second-order valence-electron chi connectivity index (χ2n) is 4.28. The molecule has 0 radical (unpaired) electrons. The molecule has 0 fully saturated rings. The maximum Gasteiger partial charge on any atom is 0.00676 e. The smallest absolute Gasteiger partial charge is 0.00676 e. The first-order valence-electron chi connectivity index (χ1n) is 7.74. The maximum absolute atomic E-state index is 2.32. The van der Waals surface area contributed by atoms with Crippen LogP contribution in [0.2, 0.25) is 0 Å². The van der Waals surface area contributed by atoms with Crippen molar-refractivity contribution >= 4 is 6.08 Å². The molecule has 106 valence electrons. The van der Waals surface area contributed by atoms with Crippen LogP contribution in [0.15, 0.2) is 60.7 Å². The van der Waals surface area contributed by atoms with Crippen LogP contribution < -0.4 is 0 Å². The summed E-state index contributed by atoms with van der Waals surface area (Å²) in [5, 5.41) is 0. The Balaban J connectivity index is 0.000000461. The number of hydrogen-bond donors (Lipinski definition) is 0. The van der Waals surface area contributed by atoms with E-state index < -0.39 is 0 Å². The fourth-order valence-corrected chi connectivity index (χ4v) is 2.37. The Morgan fingerprint density at radius 1 is 0.750 bits per heavy atom. The number of fused-ring (bicyclic) bond motifs is 1. The number of rotatable bonds is 2. The summed E-state index contributed by atoms with van der Waals surface area (Å²) in [6, 6.07) is 19.4. The van der Waals surface area contributed by atoms with E-state index in [2.05, 4.69) is 66.7 Å². The Labute approximate surface area is 124 Å². The van der Waals surface area contributed by atoms with Crippen LogP contribution in [0.4, 0.5) is 0 Å². The minimum atomic E-state index is 0.554. The van der Waals surface area contributed by atoms with E-state index in [0.29, 0.717) is 5.92 Å². The maximum atomic E-state index is 2.32. The Morgan fingerprint density at radius 2 is 1.35 bits per heavy atom. The number of hydrogen-bond acceptors (Lipinski definition) is 0. The first-order chi connectivity index (χ1) is 9.93. The molecule has 0 heterocycles. The molecule has 0 N–H and O–H groups in total. The minimum Gasteiger partial charge on any atom is -0.0760 e. The van der Waals surface area contributed by atoms with E-state index in [-0.39, 0.29) is 0 Å². The average molecular weight is 266 g/mol. The third-order valence-corrected chi connectivity index (χ3v) is 3.20. The van der Waals surface area contributed by atoms with E-state index in [0.717, 1.165) is 6.42 Å². The summed E-state index contributed by atoms with van der Waals surface area (Å²) in [4.78, 5) is 0. The Kier molecular flexibility index (Phi) is 7.42. The van der Waals surface area contributed by atoms with Gasteiger partial charge in [-0.2, -0.15) is 0 Å². The van der Waals surface area contributed by atoms with Crippen molar-refractivity contribution in [3.05, 3.63) is 77.4 Å². The standard InChI is InChI=1S/C16H14.2C2H6/c1-2-6-13(7-3-1)12-15-11-10-14-8-4-5-9-16(14)15;2*1-2/h1-11,15H,12H2;2*1-2H3. The van der Waals surface area contributed by atoms with Crippen LogP contribution in [0.5, 0.6) is 0 Å². The molecule has 1 unspecified atom stereocenters. The predicted octanol–water partition coefficient (Wildman–Crippen LogP) is 6.09. The molecule has 2 aromatic rings. The highest BCUT2D eigenvalue weighted by atomic mass is 14.2. The SMILES string of the molecule is C1=CC(Cc2ccccc2)c2ccccc21.CC.CC. The molecule has 0 spiro atoms. The molecule has 1 atom stereocenters. The molecule has 3 rings (SSSR count). The van der Waals surface area contributed by atoms with Gasteiger partial charge in [-0.05, 0) is 23.1 Å². The zero-order valence-corrected chi connectivity index (χ0v) is 13.1. The van der Waals surface area contributed by atoms with Crippen LogP contribution >= 0.6 is 0 Å². The van der Waals surface area contributed by atoms with Gasteiger partial charge in [0.2, 0.25) is 0 Å². The first-order valence-corrected chi connectivity index (χ1v) is 7.74. The monoisotopic (exact) mass is 266 g/mol. The van der Waals surface area contributed by atoms with E-state index >= 15 is 0 Å². The minimum absolute atomic E-state index is 0.554.